The van der Waals surface area contributed by atoms with Gasteiger partial charge in [0.1, 0.15) is 0 Å². The molecule has 1 rings (SSSR count). The van der Waals surface area contributed by atoms with Crippen molar-refractivity contribution in [1.82, 2.24) is 0 Å². The molecule has 0 aliphatic carbocycles. The topological polar surface area (TPSA) is 43.4 Å². The number of esters is 1. The van der Waals surface area contributed by atoms with Crippen molar-refractivity contribution in [3.05, 3.63) is 26.9 Å². The lowest BCUT2D eigenvalue weighted by atomic mass is 10.3. The maximum atomic E-state index is 11.0. The van der Waals surface area contributed by atoms with Gasteiger partial charge in [0.25, 0.3) is 5.78 Å². The maximum absolute atomic E-state index is 11.0. The van der Waals surface area contributed by atoms with E-state index in [2.05, 4.69) is 20.7 Å². The van der Waals surface area contributed by atoms with E-state index in [1.54, 1.807) is 6.08 Å². The lowest BCUT2D eigenvalue weighted by molar-refractivity contribution is -0.149. The minimum Gasteiger partial charge on any atom is -0.463 e. The van der Waals surface area contributed by atoms with Gasteiger partial charge in [0.15, 0.2) is 0 Å². The quantitative estimate of drug-likeness (QED) is 0.483. The van der Waals surface area contributed by atoms with Crippen LogP contribution in [-0.4, -0.2) is 18.9 Å². The minimum absolute atomic E-state index is 0.656. The zero-order chi connectivity index (χ0) is 10.6. The first-order valence-corrected chi connectivity index (χ1v) is 5.30. The Morgan fingerprint density at radius 3 is 2.71 bits per heavy atom. The van der Waals surface area contributed by atoms with Crippen LogP contribution in [0.25, 0.3) is 6.08 Å². The molecule has 1 aromatic rings. The zero-order valence-corrected chi connectivity index (χ0v) is 9.72. The highest BCUT2D eigenvalue weighted by molar-refractivity contribution is 9.11. The normalized spacial score (nSPS) is 10.4. The Balaban J connectivity index is 2.64. The third-order valence-electron chi connectivity index (χ3n) is 1.38. The molecule has 3 nitrogen and oxygen atoms in total. The largest absolute Gasteiger partial charge is 0.463 e. The van der Waals surface area contributed by atoms with Crippen molar-refractivity contribution in [2.45, 2.75) is 0 Å². The first-order chi connectivity index (χ1) is 6.63. The lowest BCUT2D eigenvalue weighted by Crippen LogP contribution is -2.11. The molecule has 0 aliphatic heterocycles. The molecular formula is C9H7BrO3S. The Hall–Kier alpha value is -0.940. The van der Waals surface area contributed by atoms with Crippen molar-refractivity contribution in [2.24, 2.45) is 0 Å². The van der Waals surface area contributed by atoms with Crippen molar-refractivity contribution in [3.63, 3.8) is 0 Å². The highest BCUT2D eigenvalue weighted by Gasteiger charge is 2.08. The van der Waals surface area contributed by atoms with E-state index in [0.29, 0.717) is 0 Å². The number of thiophene rings is 1. The summed E-state index contributed by atoms with van der Waals surface area (Å²) in [4.78, 5) is 22.6. The Labute approximate surface area is 93.5 Å². The van der Waals surface area contributed by atoms with Crippen molar-refractivity contribution >= 4 is 45.1 Å². The SMILES string of the molecule is COC(=O)C(=O)/C=C/c1ccc(Br)s1. The monoisotopic (exact) mass is 274 g/mol. The number of rotatable bonds is 3. The van der Waals surface area contributed by atoms with Crippen LogP contribution in [0.1, 0.15) is 4.88 Å². The Morgan fingerprint density at radius 2 is 2.21 bits per heavy atom. The van der Waals surface area contributed by atoms with Crippen molar-refractivity contribution in [3.8, 4) is 0 Å². The number of ketones is 1. The van der Waals surface area contributed by atoms with Crippen molar-refractivity contribution in [2.75, 3.05) is 7.11 Å². The molecule has 0 fully saturated rings. The van der Waals surface area contributed by atoms with Gasteiger partial charge in [0, 0.05) is 4.88 Å². The summed E-state index contributed by atoms with van der Waals surface area (Å²) in [6, 6.07) is 3.71. The average Bonchev–Trinajstić information content (AvgIpc) is 2.59. The number of carbonyl (C=O) groups excluding carboxylic acids is 2. The van der Waals surface area contributed by atoms with E-state index in [4.69, 9.17) is 0 Å². The number of hydrogen-bond acceptors (Lipinski definition) is 4. The molecule has 5 heteroatoms. The Kier molecular flexibility index (Phi) is 4.03. The molecule has 0 radical (unpaired) electrons. The van der Waals surface area contributed by atoms with Crippen LogP contribution in [0.15, 0.2) is 22.0 Å². The van der Waals surface area contributed by atoms with Gasteiger partial charge in [-0.15, -0.1) is 11.3 Å². The fourth-order valence-electron chi connectivity index (χ4n) is 0.744. The summed E-state index contributed by atoms with van der Waals surface area (Å²) in [6.45, 7) is 0. The van der Waals surface area contributed by atoms with Crippen LogP contribution in [0.4, 0.5) is 0 Å². The van der Waals surface area contributed by atoms with E-state index in [-0.39, 0.29) is 0 Å². The van der Waals surface area contributed by atoms with E-state index in [9.17, 15) is 9.59 Å². The molecule has 0 bridgehead atoms. The van der Waals surface area contributed by atoms with Gasteiger partial charge in [0.05, 0.1) is 10.9 Å². The van der Waals surface area contributed by atoms with Crippen LogP contribution in [0.5, 0.6) is 0 Å². The molecule has 0 unspecified atom stereocenters. The van der Waals surface area contributed by atoms with Gasteiger partial charge >= 0.3 is 5.97 Å². The first kappa shape index (κ1) is 11.1. The molecule has 0 saturated carbocycles. The van der Waals surface area contributed by atoms with Crippen molar-refractivity contribution in [1.29, 1.82) is 0 Å². The molecule has 0 aliphatic rings. The van der Waals surface area contributed by atoms with Gasteiger partial charge in [-0.1, -0.05) is 0 Å². The summed E-state index contributed by atoms with van der Waals surface area (Å²) >= 11 is 4.76. The van der Waals surface area contributed by atoms with Crippen LogP contribution < -0.4 is 0 Å². The summed E-state index contributed by atoms with van der Waals surface area (Å²) in [5, 5.41) is 0. The van der Waals surface area contributed by atoms with E-state index >= 15 is 0 Å². The molecule has 0 N–H and O–H groups in total. The predicted molar refractivity (Wildman–Crippen MR) is 58.1 cm³/mol. The Bertz CT molecular complexity index is 381. The van der Waals surface area contributed by atoms with Crippen LogP contribution in [0.3, 0.4) is 0 Å². The average molecular weight is 275 g/mol. The maximum Gasteiger partial charge on any atom is 0.378 e. The van der Waals surface area contributed by atoms with Gasteiger partial charge < -0.3 is 4.74 Å². The summed E-state index contributed by atoms with van der Waals surface area (Å²) < 4.78 is 5.23. The number of hydrogen-bond donors (Lipinski definition) is 0. The number of ether oxygens (including phenoxy) is 1. The standard InChI is InChI=1S/C9H7BrO3S/c1-13-9(12)7(11)4-2-6-3-5-8(10)14-6/h2-5H,1H3/b4-2+. The second-order valence-corrected chi connectivity index (χ2v) is 4.83. The van der Waals surface area contributed by atoms with Gasteiger partial charge in [0.2, 0.25) is 0 Å². The highest BCUT2D eigenvalue weighted by Crippen LogP contribution is 2.22. The highest BCUT2D eigenvalue weighted by atomic mass is 79.9. The molecular weight excluding hydrogens is 268 g/mol. The fraction of sp³-hybridized carbons (Fsp3) is 0.111. The van der Waals surface area contributed by atoms with Crippen LogP contribution in [-0.2, 0) is 14.3 Å². The van der Waals surface area contributed by atoms with Crippen LogP contribution >= 0.6 is 27.3 Å². The van der Waals surface area contributed by atoms with E-state index in [1.165, 1.54) is 24.5 Å². The number of carbonyl (C=O) groups is 2. The van der Waals surface area contributed by atoms with E-state index in [0.717, 1.165) is 8.66 Å². The van der Waals surface area contributed by atoms with Gasteiger partial charge in [-0.05, 0) is 40.2 Å². The number of halogens is 1. The summed E-state index contributed by atoms with van der Waals surface area (Å²) in [7, 11) is 1.18. The van der Waals surface area contributed by atoms with Gasteiger partial charge in [-0.2, -0.15) is 0 Å². The summed E-state index contributed by atoms with van der Waals surface area (Å²) in [5.41, 5.74) is 0. The van der Waals surface area contributed by atoms with E-state index < -0.39 is 11.8 Å². The first-order valence-electron chi connectivity index (χ1n) is 3.69. The molecule has 74 valence electrons. The molecule has 0 atom stereocenters. The van der Waals surface area contributed by atoms with Crippen molar-refractivity contribution < 1.29 is 14.3 Å². The molecule has 14 heavy (non-hydrogen) atoms. The molecule has 0 amide bonds. The third-order valence-corrected chi connectivity index (χ3v) is 2.97. The summed E-state index contributed by atoms with van der Waals surface area (Å²) in [6.07, 6.45) is 2.78. The van der Waals surface area contributed by atoms with Gasteiger partial charge in [-0.3, -0.25) is 4.79 Å². The Morgan fingerprint density at radius 1 is 1.50 bits per heavy atom. The van der Waals surface area contributed by atoms with Gasteiger partial charge in [-0.25, -0.2) is 4.79 Å². The summed E-state index contributed by atoms with van der Waals surface area (Å²) in [5.74, 6) is -1.51. The third kappa shape index (κ3) is 3.08. The second-order valence-electron chi connectivity index (χ2n) is 2.33. The number of methoxy groups -OCH3 is 1. The molecule has 1 heterocycles. The van der Waals surface area contributed by atoms with E-state index in [1.807, 2.05) is 12.1 Å². The molecule has 0 spiro atoms. The fourth-order valence-corrected chi connectivity index (χ4v) is 2.07. The van der Waals surface area contributed by atoms with Crippen LogP contribution in [0.2, 0.25) is 0 Å². The molecule has 1 aromatic heterocycles. The zero-order valence-electron chi connectivity index (χ0n) is 7.32. The smallest absolute Gasteiger partial charge is 0.378 e. The molecule has 0 aromatic carbocycles. The predicted octanol–water partition coefficient (Wildman–Crippen LogP) is 2.27. The van der Waals surface area contributed by atoms with Crippen LogP contribution in [0, 0.1) is 0 Å². The lowest BCUT2D eigenvalue weighted by Gasteiger charge is -1.90. The minimum atomic E-state index is -0.850. The second kappa shape index (κ2) is 5.07. The molecule has 0 saturated heterocycles.